The third kappa shape index (κ3) is 5.28. The molecule has 0 aromatic rings. The predicted molar refractivity (Wildman–Crippen MR) is 42.8 cm³/mol. The highest BCUT2D eigenvalue weighted by atomic mass is 16.6. The van der Waals surface area contributed by atoms with E-state index in [0.717, 1.165) is 6.42 Å². The maximum absolute atomic E-state index is 10.3. The number of amides is 1. The van der Waals surface area contributed by atoms with E-state index in [1.165, 1.54) is 0 Å². The Balaban J connectivity index is 3.85. The van der Waals surface area contributed by atoms with Crippen molar-refractivity contribution in [2.75, 3.05) is 0 Å². The second-order valence-electron chi connectivity index (χ2n) is 2.01. The van der Waals surface area contributed by atoms with Crippen molar-refractivity contribution >= 4 is 6.09 Å². The number of ether oxygens (including phenoxy) is 1. The van der Waals surface area contributed by atoms with Gasteiger partial charge in [0.1, 0.15) is 0 Å². The summed E-state index contributed by atoms with van der Waals surface area (Å²) in [5.41, 5.74) is 4.81. The van der Waals surface area contributed by atoms with Crippen molar-refractivity contribution in [2.45, 2.75) is 32.8 Å². The zero-order chi connectivity index (χ0) is 8.69. The smallest absolute Gasteiger partial charge is 0.405 e. The van der Waals surface area contributed by atoms with Gasteiger partial charge in [-0.1, -0.05) is 25.7 Å². The summed E-state index contributed by atoms with van der Waals surface area (Å²) >= 11 is 0. The molecule has 2 N–H and O–H groups in total. The van der Waals surface area contributed by atoms with E-state index in [-0.39, 0.29) is 6.10 Å². The van der Waals surface area contributed by atoms with Crippen molar-refractivity contribution in [3.8, 4) is 11.8 Å². The van der Waals surface area contributed by atoms with Gasteiger partial charge in [0, 0.05) is 6.42 Å². The van der Waals surface area contributed by atoms with Crippen LogP contribution < -0.4 is 5.73 Å². The van der Waals surface area contributed by atoms with Crippen molar-refractivity contribution in [3.63, 3.8) is 0 Å². The monoisotopic (exact) mass is 155 g/mol. The van der Waals surface area contributed by atoms with Gasteiger partial charge in [-0.25, -0.2) is 4.79 Å². The van der Waals surface area contributed by atoms with Crippen molar-refractivity contribution in [1.82, 2.24) is 0 Å². The molecule has 0 heterocycles. The summed E-state index contributed by atoms with van der Waals surface area (Å²) in [4.78, 5) is 10.3. The molecule has 62 valence electrons. The average Bonchev–Trinajstić information content (AvgIpc) is 1.97. The number of nitrogens with two attached hydrogens (primary N) is 1. The molecule has 0 saturated heterocycles. The Bertz CT molecular complexity index is 178. The summed E-state index contributed by atoms with van der Waals surface area (Å²) in [6.45, 7) is 3.82. The van der Waals surface area contributed by atoms with Gasteiger partial charge in [0.25, 0.3) is 0 Å². The van der Waals surface area contributed by atoms with Crippen molar-refractivity contribution in [1.29, 1.82) is 0 Å². The van der Waals surface area contributed by atoms with Gasteiger partial charge in [0.15, 0.2) is 6.10 Å². The fourth-order valence-corrected chi connectivity index (χ4v) is 0.571. The van der Waals surface area contributed by atoms with Crippen LogP contribution in [0.15, 0.2) is 0 Å². The minimum atomic E-state index is -0.762. The molecule has 0 aliphatic heterocycles. The van der Waals surface area contributed by atoms with Gasteiger partial charge in [0.2, 0.25) is 0 Å². The maximum atomic E-state index is 10.3. The highest BCUT2D eigenvalue weighted by Crippen LogP contribution is 1.95. The molecule has 3 nitrogen and oxygen atoms in total. The van der Waals surface area contributed by atoms with E-state index in [1.807, 2.05) is 13.8 Å². The second-order valence-corrected chi connectivity index (χ2v) is 2.01. The van der Waals surface area contributed by atoms with E-state index in [4.69, 9.17) is 5.73 Å². The van der Waals surface area contributed by atoms with Gasteiger partial charge in [-0.15, -0.1) is 0 Å². The minimum Gasteiger partial charge on any atom is -0.433 e. The molecule has 1 atom stereocenters. The Labute approximate surface area is 66.9 Å². The molecule has 0 bridgehead atoms. The first kappa shape index (κ1) is 9.83. The van der Waals surface area contributed by atoms with E-state index in [1.54, 1.807) is 0 Å². The number of primary amides is 1. The van der Waals surface area contributed by atoms with Gasteiger partial charge in [-0.05, 0) is 6.42 Å². The molecule has 0 radical (unpaired) electrons. The van der Waals surface area contributed by atoms with Crippen LogP contribution in [0.5, 0.6) is 0 Å². The molecule has 0 aromatic heterocycles. The van der Waals surface area contributed by atoms with Crippen molar-refractivity contribution in [2.24, 2.45) is 5.73 Å². The molecule has 0 aliphatic carbocycles. The van der Waals surface area contributed by atoms with Crippen LogP contribution in [0.4, 0.5) is 4.79 Å². The van der Waals surface area contributed by atoms with Crippen molar-refractivity contribution in [3.05, 3.63) is 0 Å². The molecular formula is C8H13NO2. The van der Waals surface area contributed by atoms with Gasteiger partial charge >= 0.3 is 6.09 Å². The van der Waals surface area contributed by atoms with E-state index in [9.17, 15) is 4.79 Å². The van der Waals surface area contributed by atoms with Crippen molar-refractivity contribution < 1.29 is 9.53 Å². The maximum Gasteiger partial charge on any atom is 0.405 e. The minimum absolute atomic E-state index is 0.340. The zero-order valence-electron chi connectivity index (χ0n) is 6.89. The Hall–Kier alpha value is -1.17. The van der Waals surface area contributed by atoms with Crippen LogP contribution in [0.3, 0.4) is 0 Å². The SMILES string of the molecule is CCC#CC(CC)OC(N)=O. The molecule has 3 heteroatoms. The Morgan fingerprint density at radius 2 is 2.27 bits per heavy atom. The molecule has 0 aromatic carbocycles. The van der Waals surface area contributed by atoms with Gasteiger partial charge in [-0.3, -0.25) is 0 Å². The van der Waals surface area contributed by atoms with E-state index >= 15 is 0 Å². The van der Waals surface area contributed by atoms with Crippen LogP contribution in [0.25, 0.3) is 0 Å². The normalized spacial score (nSPS) is 11.1. The molecule has 11 heavy (non-hydrogen) atoms. The standard InChI is InChI=1S/C8H13NO2/c1-3-5-6-7(4-2)11-8(9)10/h7H,3-4H2,1-2H3,(H2,9,10). The number of hydrogen-bond donors (Lipinski definition) is 1. The van der Waals surface area contributed by atoms with Crippen LogP contribution in [0, 0.1) is 11.8 Å². The van der Waals surface area contributed by atoms with Crippen LogP contribution in [0.2, 0.25) is 0 Å². The second kappa shape index (κ2) is 5.60. The summed E-state index contributed by atoms with van der Waals surface area (Å²) in [7, 11) is 0. The third-order valence-corrected chi connectivity index (χ3v) is 1.07. The van der Waals surface area contributed by atoms with E-state index in [2.05, 4.69) is 16.6 Å². The van der Waals surface area contributed by atoms with Gasteiger partial charge in [-0.2, -0.15) is 0 Å². The van der Waals surface area contributed by atoms with E-state index in [0.29, 0.717) is 6.42 Å². The molecule has 0 spiro atoms. The van der Waals surface area contributed by atoms with Crippen LogP contribution >= 0.6 is 0 Å². The molecule has 0 fully saturated rings. The highest BCUT2D eigenvalue weighted by molar-refractivity contribution is 5.65. The fourth-order valence-electron chi connectivity index (χ4n) is 0.571. The lowest BCUT2D eigenvalue weighted by molar-refractivity contribution is 0.131. The summed E-state index contributed by atoms with van der Waals surface area (Å²) in [5, 5.41) is 0. The van der Waals surface area contributed by atoms with E-state index < -0.39 is 6.09 Å². The largest absolute Gasteiger partial charge is 0.433 e. The zero-order valence-corrected chi connectivity index (χ0v) is 6.89. The lowest BCUT2D eigenvalue weighted by Gasteiger charge is -2.05. The average molecular weight is 155 g/mol. The van der Waals surface area contributed by atoms with Crippen LogP contribution in [-0.4, -0.2) is 12.2 Å². The number of rotatable bonds is 2. The van der Waals surface area contributed by atoms with Gasteiger partial charge in [0.05, 0.1) is 0 Å². The number of carbonyl (C=O) groups excluding carboxylic acids is 1. The number of carbonyl (C=O) groups is 1. The summed E-state index contributed by atoms with van der Waals surface area (Å²) in [6, 6.07) is 0. The van der Waals surface area contributed by atoms with Crippen LogP contribution in [-0.2, 0) is 4.74 Å². The first-order chi connectivity index (χ1) is 5.20. The molecular weight excluding hydrogens is 142 g/mol. The summed E-state index contributed by atoms with van der Waals surface area (Å²) < 4.78 is 4.67. The summed E-state index contributed by atoms with van der Waals surface area (Å²) in [6.07, 6.45) is 0.337. The fraction of sp³-hybridized carbons (Fsp3) is 0.625. The molecule has 0 saturated carbocycles. The van der Waals surface area contributed by atoms with Crippen LogP contribution in [0.1, 0.15) is 26.7 Å². The Morgan fingerprint density at radius 1 is 1.64 bits per heavy atom. The topological polar surface area (TPSA) is 52.3 Å². The highest BCUT2D eigenvalue weighted by Gasteiger charge is 2.04. The quantitative estimate of drug-likeness (QED) is 0.610. The first-order valence-electron chi connectivity index (χ1n) is 3.65. The lowest BCUT2D eigenvalue weighted by atomic mass is 10.3. The summed E-state index contributed by atoms with van der Waals surface area (Å²) in [5.74, 6) is 5.60. The van der Waals surface area contributed by atoms with Gasteiger partial charge < -0.3 is 10.5 Å². The molecule has 1 amide bonds. The predicted octanol–water partition coefficient (Wildman–Crippen LogP) is 1.27. The molecule has 0 aliphatic rings. The third-order valence-electron chi connectivity index (χ3n) is 1.07. The Kier molecular flexibility index (Phi) is 5.01. The molecule has 0 rings (SSSR count). The lowest BCUT2D eigenvalue weighted by Crippen LogP contribution is -2.20. The first-order valence-corrected chi connectivity index (χ1v) is 3.65. The number of hydrogen-bond acceptors (Lipinski definition) is 2. The molecule has 1 unspecified atom stereocenters. The Morgan fingerprint density at radius 3 is 2.64 bits per heavy atom.